The number of hydrogen-bond acceptors (Lipinski definition) is 4. The van der Waals surface area contributed by atoms with Crippen LogP contribution in [0.4, 0.5) is 0 Å². The molecule has 0 heterocycles. The van der Waals surface area contributed by atoms with Crippen LogP contribution in [0.5, 0.6) is 0 Å². The van der Waals surface area contributed by atoms with Crippen molar-refractivity contribution in [2.45, 2.75) is 59.3 Å². The molecule has 7 heteroatoms. The molecule has 0 radical (unpaired) electrons. The van der Waals surface area contributed by atoms with E-state index in [1.165, 1.54) is 6.08 Å². The number of carbonyl (C=O) groups excluding carboxylic acids is 1. The Morgan fingerprint density at radius 1 is 1.27 bits per heavy atom. The lowest BCUT2D eigenvalue weighted by atomic mass is 10.0. The summed E-state index contributed by atoms with van der Waals surface area (Å²) in [5.41, 5.74) is 0. The first-order valence-electron chi connectivity index (χ1n) is 7.39. The zero-order valence-electron chi connectivity index (χ0n) is 14.4. The molecule has 22 heavy (non-hydrogen) atoms. The Morgan fingerprint density at radius 2 is 1.77 bits per heavy atom. The molecule has 0 bridgehead atoms. The van der Waals surface area contributed by atoms with Crippen molar-refractivity contribution in [1.82, 2.24) is 4.72 Å². The van der Waals surface area contributed by atoms with Crippen molar-refractivity contribution in [2.75, 3.05) is 6.61 Å². The van der Waals surface area contributed by atoms with Crippen LogP contribution in [0, 0.1) is 11.8 Å². The van der Waals surface area contributed by atoms with E-state index in [0.29, 0.717) is 11.6 Å². The molecule has 0 rings (SSSR count). The van der Waals surface area contributed by atoms with E-state index in [-0.39, 0.29) is 11.9 Å². The molecule has 0 aromatic heterocycles. The molecule has 0 aliphatic carbocycles. The Balaban J connectivity index is 5.32. The molecular formula is C15H28ClNO4S. The minimum Gasteiger partial charge on any atom is -0.466 e. The molecule has 0 aromatic carbocycles. The van der Waals surface area contributed by atoms with Gasteiger partial charge in [-0.3, -0.25) is 4.79 Å². The number of nitrogens with one attached hydrogen (secondary N) is 1. The molecule has 0 aliphatic rings. The molecule has 0 aromatic rings. The third-order valence-electron chi connectivity index (χ3n) is 3.12. The molecule has 0 spiro atoms. The second-order valence-corrected chi connectivity index (χ2v) is 9.45. The van der Waals surface area contributed by atoms with Gasteiger partial charge in [-0.25, -0.2) is 13.1 Å². The Bertz CT molecular complexity index is 506. The predicted octanol–water partition coefficient (Wildman–Crippen LogP) is 3.05. The van der Waals surface area contributed by atoms with Gasteiger partial charge in [-0.15, -0.1) is 0 Å². The smallest absolute Gasteiger partial charge is 0.312 e. The lowest BCUT2D eigenvalue weighted by molar-refractivity contribution is -0.145. The van der Waals surface area contributed by atoms with E-state index >= 15 is 0 Å². The molecule has 130 valence electrons. The molecule has 0 saturated carbocycles. The van der Waals surface area contributed by atoms with Gasteiger partial charge in [-0.1, -0.05) is 31.5 Å². The normalized spacial score (nSPS) is 16.5. The fraction of sp³-hybridized carbons (Fsp3) is 0.800. The maximum Gasteiger partial charge on any atom is 0.312 e. The maximum absolute atomic E-state index is 12.3. The molecule has 2 atom stereocenters. The van der Waals surface area contributed by atoms with Gasteiger partial charge in [0.25, 0.3) is 0 Å². The highest BCUT2D eigenvalue weighted by molar-refractivity contribution is 7.90. The summed E-state index contributed by atoms with van der Waals surface area (Å²) >= 11 is 6.26. The van der Waals surface area contributed by atoms with Crippen molar-refractivity contribution >= 4 is 27.6 Å². The van der Waals surface area contributed by atoms with Gasteiger partial charge in [0.05, 0.1) is 23.3 Å². The number of sulfonamides is 1. The van der Waals surface area contributed by atoms with E-state index in [1.54, 1.807) is 34.6 Å². The fourth-order valence-corrected chi connectivity index (χ4v) is 3.19. The Morgan fingerprint density at radius 3 is 2.14 bits per heavy atom. The van der Waals surface area contributed by atoms with E-state index in [2.05, 4.69) is 4.72 Å². The second kappa shape index (κ2) is 8.31. The van der Waals surface area contributed by atoms with Crippen LogP contribution in [-0.4, -0.2) is 31.8 Å². The first-order chi connectivity index (χ1) is 9.83. The molecule has 0 fully saturated rings. The SMILES string of the molecule is CCOC(=O)[C@@H](C)/C=C(\Cl)[C@@H](NS(=O)(=O)C(C)(C)C)C(C)C. The Kier molecular flexibility index (Phi) is 8.09. The first-order valence-corrected chi connectivity index (χ1v) is 9.25. The van der Waals surface area contributed by atoms with Gasteiger partial charge < -0.3 is 4.74 Å². The van der Waals surface area contributed by atoms with Crippen molar-refractivity contribution in [3.8, 4) is 0 Å². The van der Waals surface area contributed by atoms with E-state index in [0.717, 1.165) is 0 Å². The zero-order valence-corrected chi connectivity index (χ0v) is 16.0. The summed E-state index contributed by atoms with van der Waals surface area (Å²) in [7, 11) is -3.54. The van der Waals surface area contributed by atoms with Crippen LogP contribution in [0.1, 0.15) is 48.5 Å². The Labute approximate surface area is 139 Å². The number of rotatable bonds is 7. The van der Waals surface area contributed by atoms with Gasteiger partial charge in [0.1, 0.15) is 0 Å². The molecular weight excluding hydrogens is 326 g/mol. The van der Waals surface area contributed by atoms with E-state index in [1.807, 2.05) is 13.8 Å². The third kappa shape index (κ3) is 6.26. The van der Waals surface area contributed by atoms with Gasteiger partial charge >= 0.3 is 5.97 Å². The number of carbonyl (C=O) groups is 1. The van der Waals surface area contributed by atoms with Crippen molar-refractivity contribution in [3.05, 3.63) is 11.1 Å². The summed E-state index contributed by atoms with van der Waals surface area (Å²) in [6.45, 7) is 12.3. The van der Waals surface area contributed by atoms with Crippen molar-refractivity contribution in [2.24, 2.45) is 11.8 Å². The van der Waals surface area contributed by atoms with Gasteiger partial charge in [0.15, 0.2) is 0 Å². The van der Waals surface area contributed by atoms with E-state index in [4.69, 9.17) is 16.3 Å². The number of esters is 1. The minimum atomic E-state index is -3.54. The zero-order chi connectivity index (χ0) is 17.7. The summed E-state index contributed by atoms with van der Waals surface area (Å²) in [5.74, 6) is -0.982. The van der Waals surface area contributed by atoms with Crippen LogP contribution in [0.15, 0.2) is 11.1 Å². The number of halogens is 1. The van der Waals surface area contributed by atoms with Crippen LogP contribution >= 0.6 is 11.6 Å². The second-order valence-electron chi connectivity index (χ2n) is 6.55. The molecule has 0 saturated heterocycles. The fourth-order valence-electron chi connectivity index (χ4n) is 1.54. The highest BCUT2D eigenvalue weighted by Gasteiger charge is 2.33. The van der Waals surface area contributed by atoms with Crippen molar-refractivity contribution in [1.29, 1.82) is 0 Å². The quantitative estimate of drug-likeness (QED) is 0.714. The summed E-state index contributed by atoms with van der Waals surface area (Å²) in [4.78, 5) is 11.7. The van der Waals surface area contributed by atoms with Gasteiger partial charge in [-0.05, 0) is 40.5 Å². The first kappa shape index (κ1) is 21.4. The average Bonchev–Trinajstić information content (AvgIpc) is 2.34. The minimum absolute atomic E-state index is 0.0599. The van der Waals surface area contributed by atoms with Crippen LogP contribution in [-0.2, 0) is 19.6 Å². The average molecular weight is 354 g/mol. The van der Waals surface area contributed by atoms with Crippen molar-refractivity contribution in [3.63, 3.8) is 0 Å². The van der Waals surface area contributed by atoms with Crippen LogP contribution in [0.2, 0.25) is 0 Å². The Hall–Kier alpha value is -0.590. The topological polar surface area (TPSA) is 72.5 Å². The monoisotopic (exact) mass is 353 g/mol. The standard InChI is InChI=1S/C15H28ClNO4S/c1-8-21-14(18)11(4)9-12(16)13(10(2)3)17-22(19,20)15(5,6)7/h9-11,13,17H,8H2,1-7H3/b12-9-/t11-,13-/m0/s1. The van der Waals surface area contributed by atoms with Crippen LogP contribution < -0.4 is 4.72 Å². The molecule has 0 aliphatic heterocycles. The van der Waals surface area contributed by atoms with Gasteiger partial charge in [-0.2, -0.15) is 0 Å². The summed E-state index contributed by atoms with van der Waals surface area (Å²) in [5, 5.41) is 0.295. The summed E-state index contributed by atoms with van der Waals surface area (Å²) in [6, 6.07) is -0.581. The van der Waals surface area contributed by atoms with Crippen LogP contribution in [0.3, 0.4) is 0 Å². The molecule has 5 nitrogen and oxygen atoms in total. The largest absolute Gasteiger partial charge is 0.466 e. The predicted molar refractivity (Wildman–Crippen MR) is 90.2 cm³/mol. The third-order valence-corrected chi connectivity index (χ3v) is 5.66. The summed E-state index contributed by atoms with van der Waals surface area (Å²) < 4.78 is 31.2. The lowest BCUT2D eigenvalue weighted by Gasteiger charge is -2.27. The van der Waals surface area contributed by atoms with Crippen molar-refractivity contribution < 1.29 is 17.9 Å². The van der Waals surface area contributed by atoms with Gasteiger partial charge in [0.2, 0.25) is 10.0 Å². The summed E-state index contributed by atoms with van der Waals surface area (Å²) in [6.07, 6.45) is 1.54. The maximum atomic E-state index is 12.3. The van der Waals surface area contributed by atoms with Crippen LogP contribution in [0.25, 0.3) is 0 Å². The lowest BCUT2D eigenvalue weighted by Crippen LogP contribution is -2.47. The molecule has 0 amide bonds. The highest BCUT2D eigenvalue weighted by Crippen LogP contribution is 2.23. The molecule has 1 N–H and O–H groups in total. The molecule has 0 unspecified atom stereocenters. The van der Waals surface area contributed by atoms with Gasteiger partial charge in [0, 0.05) is 5.03 Å². The van der Waals surface area contributed by atoms with E-state index < -0.39 is 26.7 Å². The number of hydrogen-bond donors (Lipinski definition) is 1. The highest BCUT2D eigenvalue weighted by atomic mass is 35.5. The van der Waals surface area contributed by atoms with E-state index in [9.17, 15) is 13.2 Å². The number of ether oxygens (including phenoxy) is 1.